The summed E-state index contributed by atoms with van der Waals surface area (Å²) < 4.78 is 38.3. The number of rotatable bonds is 4. The monoisotopic (exact) mass is 372 g/mol. The number of sulfone groups is 1. The molecular weight excluding hydrogens is 352 g/mol. The Bertz CT molecular complexity index is 910. The fraction of sp³-hybridized carbons (Fsp3) is 0.250. The molecule has 0 bridgehead atoms. The van der Waals surface area contributed by atoms with Crippen LogP contribution in [0.25, 0.3) is 0 Å². The second-order valence-electron chi connectivity index (χ2n) is 5.99. The second kappa shape index (κ2) is 7.96. The van der Waals surface area contributed by atoms with Gasteiger partial charge in [-0.1, -0.05) is 42.8 Å². The van der Waals surface area contributed by atoms with Gasteiger partial charge in [0, 0.05) is 10.3 Å². The van der Waals surface area contributed by atoms with Crippen LogP contribution in [0.5, 0.6) is 0 Å². The number of hydrogen-bond acceptors (Lipinski definition) is 3. The van der Waals surface area contributed by atoms with Crippen LogP contribution < -0.4 is 0 Å². The Kier molecular flexibility index (Phi) is 5.69. The van der Waals surface area contributed by atoms with Crippen LogP contribution in [0.1, 0.15) is 25.7 Å². The van der Waals surface area contributed by atoms with Gasteiger partial charge in [-0.3, -0.25) is 0 Å². The molecule has 3 rings (SSSR count). The van der Waals surface area contributed by atoms with E-state index in [0.717, 1.165) is 18.4 Å². The molecule has 2 aromatic carbocycles. The summed E-state index contributed by atoms with van der Waals surface area (Å²) in [6.45, 7) is 0. The van der Waals surface area contributed by atoms with Gasteiger partial charge in [-0.05, 0) is 49.1 Å². The predicted molar refractivity (Wildman–Crippen MR) is 100 cm³/mol. The summed E-state index contributed by atoms with van der Waals surface area (Å²) in [6, 6.07) is 17.6. The van der Waals surface area contributed by atoms with Gasteiger partial charge in [0.25, 0.3) is 0 Å². The zero-order chi connectivity index (χ0) is 17.7. The van der Waals surface area contributed by atoms with Gasteiger partial charge < -0.3 is 0 Å². The van der Waals surface area contributed by atoms with Crippen LogP contribution >= 0.6 is 0 Å². The minimum atomic E-state index is -3.44. The van der Waals surface area contributed by atoms with Crippen molar-refractivity contribution in [2.45, 2.75) is 40.7 Å². The van der Waals surface area contributed by atoms with Crippen LogP contribution in [0.2, 0.25) is 0 Å². The van der Waals surface area contributed by atoms with Crippen molar-refractivity contribution in [3.05, 3.63) is 77.4 Å². The Labute approximate surface area is 151 Å². The van der Waals surface area contributed by atoms with Gasteiger partial charge in [-0.15, -0.1) is 5.73 Å². The van der Waals surface area contributed by atoms with E-state index in [-0.39, 0.29) is 0 Å². The smallest absolute Gasteiger partial charge is 0.185 e. The molecule has 0 radical (unpaired) electrons. The molecule has 5 heteroatoms. The maximum absolute atomic E-state index is 13.0. The van der Waals surface area contributed by atoms with E-state index in [1.54, 1.807) is 42.5 Å². The Morgan fingerprint density at radius 2 is 1.60 bits per heavy atom. The molecule has 1 fully saturated rings. The summed E-state index contributed by atoms with van der Waals surface area (Å²) in [6.07, 6.45) is 3.09. The summed E-state index contributed by atoms with van der Waals surface area (Å²) in [5.41, 5.74) is 3.79. The Balaban J connectivity index is 1.94. The van der Waals surface area contributed by atoms with Crippen molar-refractivity contribution < 1.29 is 12.6 Å². The molecule has 0 aliphatic heterocycles. The van der Waals surface area contributed by atoms with Crippen molar-refractivity contribution in [3.63, 3.8) is 0 Å². The normalized spacial score (nSPS) is 19.0. The van der Waals surface area contributed by atoms with Crippen molar-refractivity contribution in [1.29, 1.82) is 0 Å². The van der Waals surface area contributed by atoms with Crippen LogP contribution in [0, 0.1) is 0 Å². The van der Waals surface area contributed by atoms with Gasteiger partial charge in [0.15, 0.2) is 9.84 Å². The molecule has 0 N–H and O–H groups in total. The molecule has 0 saturated heterocycles. The predicted octanol–water partition coefficient (Wildman–Crippen LogP) is 4.25. The molecule has 1 aliphatic rings. The van der Waals surface area contributed by atoms with Crippen molar-refractivity contribution in [2.75, 3.05) is 0 Å². The van der Waals surface area contributed by atoms with E-state index in [1.165, 1.54) is 5.41 Å². The third-order valence-corrected chi connectivity index (χ3v) is 7.59. The first kappa shape index (κ1) is 17.9. The first-order chi connectivity index (χ1) is 12.1. The third-order valence-electron chi connectivity index (χ3n) is 4.32. The van der Waals surface area contributed by atoms with E-state index >= 15 is 0 Å². The highest BCUT2D eigenvalue weighted by Gasteiger charge is 2.32. The molecular formula is C20H20O3S2. The lowest BCUT2D eigenvalue weighted by Gasteiger charge is -2.24. The average molecular weight is 373 g/mol. The zero-order valence-corrected chi connectivity index (χ0v) is 15.4. The molecule has 2 aromatic rings. The van der Waals surface area contributed by atoms with Crippen molar-refractivity contribution in [3.8, 4) is 0 Å². The van der Waals surface area contributed by atoms with Crippen LogP contribution in [-0.2, 0) is 20.6 Å². The van der Waals surface area contributed by atoms with E-state index in [0.29, 0.717) is 22.6 Å². The van der Waals surface area contributed by atoms with Gasteiger partial charge in [-0.2, -0.15) is 0 Å². The zero-order valence-electron chi connectivity index (χ0n) is 13.8. The highest BCUT2D eigenvalue weighted by atomic mass is 32.2. The molecule has 0 spiro atoms. The molecule has 2 atom stereocenters. The molecule has 25 heavy (non-hydrogen) atoms. The Hall–Kier alpha value is -1.94. The lowest BCUT2D eigenvalue weighted by atomic mass is 9.95. The molecule has 1 saturated carbocycles. The molecule has 0 aromatic heterocycles. The SMILES string of the molecule is O=S(C=C=C1CCCCC1S(=O)(=O)c1ccccc1)c1ccccc1. The summed E-state index contributed by atoms with van der Waals surface area (Å²) in [5, 5.41) is 0.913. The van der Waals surface area contributed by atoms with Gasteiger partial charge in [0.05, 0.1) is 20.9 Å². The van der Waals surface area contributed by atoms with Crippen molar-refractivity contribution >= 4 is 20.6 Å². The Morgan fingerprint density at radius 1 is 0.960 bits per heavy atom. The van der Waals surface area contributed by atoms with E-state index in [2.05, 4.69) is 5.73 Å². The van der Waals surface area contributed by atoms with Gasteiger partial charge in [0.1, 0.15) is 0 Å². The molecule has 0 heterocycles. The molecule has 130 valence electrons. The van der Waals surface area contributed by atoms with E-state index in [9.17, 15) is 12.6 Å². The summed E-state index contributed by atoms with van der Waals surface area (Å²) in [4.78, 5) is 1.03. The third kappa shape index (κ3) is 4.18. The fourth-order valence-electron chi connectivity index (χ4n) is 3.01. The maximum atomic E-state index is 13.0. The van der Waals surface area contributed by atoms with Gasteiger partial charge >= 0.3 is 0 Å². The van der Waals surface area contributed by atoms with Gasteiger partial charge in [-0.25, -0.2) is 12.6 Å². The average Bonchev–Trinajstić information content (AvgIpc) is 2.67. The largest absolute Gasteiger partial charge is 0.249 e. The first-order valence-corrected chi connectivity index (χ1v) is 11.0. The van der Waals surface area contributed by atoms with Crippen LogP contribution in [0.4, 0.5) is 0 Å². The number of hydrogen-bond donors (Lipinski definition) is 0. The van der Waals surface area contributed by atoms with E-state index in [4.69, 9.17) is 0 Å². The fourth-order valence-corrected chi connectivity index (χ4v) is 5.74. The van der Waals surface area contributed by atoms with Crippen molar-refractivity contribution in [2.24, 2.45) is 0 Å². The molecule has 0 amide bonds. The van der Waals surface area contributed by atoms with Crippen LogP contribution in [-0.4, -0.2) is 17.9 Å². The van der Waals surface area contributed by atoms with Gasteiger partial charge in [0.2, 0.25) is 0 Å². The van der Waals surface area contributed by atoms with Crippen LogP contribution in [0.3, 0.4) is 0 Å². The summed E-state index contributed by atoms with van der Waals surface area (Å²) >= 11 is 0. The second-order valence-corrected chi connectivity index (χ2v) is 9.42. The quantitative estimate of drug-likeness (QED) is 0.754. The summed E-state index contributed by atoms with van der Waals surface area (Å²) in [7, 11) is -4.77. The minimum Gasteiger partial charge on any atom is -0.249 e. The topological polar surface area (TPSA) is 51.2 Å². The highest BCUT2D eigenvalue weighted by molar-refractivity contribution is 7.92. The standard InChI is InChI=1S/C20H20O3S2/c21-24(18-10-3-1-4-11-18)16-15-17-9-7-8-14-20(17)25(22,23)19-12-5-2-6-13-19/h1-6,10-13,16,20H,7-9,14H2. The van der Waals surface area contributed by atoms with Crippen molar-refractivity contribution in [1.82, 2.24) is 0 Å². The lowest BCUT2D eigenvalue weighted by molar-refractivity contribution is 0.547. The van der Waals surface area contributed by atoms with Crippen LogP contribution in [0.15, 0.2) is 87.2 Å². The molecule has 3 nitrogen and oxygen atoms in total. The lowest BCUT2D eigenvalue weighted by Crippen LogP contribution is -2.26. The minimum absolute atomic E-state index is 0.338. The maximum Gasteiger partial charge on any atom is 0.185 e. The number of benzene rings is 2. The first-order valence-electron chi connectivity index (χ1n) is 8.29. The van der Waals surface area contributed by atoms with E-state index in [1.807, 2.05) is 18.2 Å². The van der Waals surface area contributed by atoms with E-state index < -0.39 is 25.9 Å². The molecule has 1 aliphatic carbocycles. The summed E-state index contributed by atoms with van der Waals surface area (Å²) in [5.74, 6) is 0. The highest BCUT2D eigenvalue weighted by Crippen LogP contribution is 2.32. The Morgan fingerprint density at radius 3 is 2.28 bits per heavy atom. The molecule has 2 unspecified atom stereocenters.